The van der Waals surface area contributed by atoms with Crippen molar-refractivity contribution >= 4 is 0 Å². The summed E-state index contributed by atoms with van der Waals surface area (Å²) >= 11 is 0. The van der Waals surface area contributed by atoms with E-state index in [0.717, 1.165) is 6.61 Å². The second-order valence-electron chi connectivity index (χ2n) is 3.82. The standard InChI is InChI=1S/C10H16O3/c1-4-10-8(11-3)6-12-9(10)7(2)5-13-10/h4,7-9H,1,5-6H2,2-3H3/t7-,8+,9+,10+/m0/s1. The zero-order valence-corrected chi connectivity index (χ0v) is 8.16. The van der Waals surface area contributed by atoms with Crippen LogP contribution in [0.1, 0.15) is 6.92 Å². The molecular formula is C10H16O3. The van der Waals surface area contributed by atoms with E-state index in [-0.39, 0.29) is 12.2 Å². The second kappa shape index (κ2) is 3.08. The van der Waals surface area contributed by atoms with Crippen LogP contribution >= 0.6 is 0 Å². The van der Waals surface area contributed by atoms with Crippen molar-refractivity contribution in [2.75, 3.05) is 20.3 Å². The summed E-state index contributed by atoms with van der Waals surface area (Å²) in [6.07, 6.45) is 1.96. The molecule has 3 nitrogen and oxygen atoms in total. The third-order valence-corrected chi connectivity index (χ3v) is 3.09. The number of methoxy groups -OCH3 is 1. The Morgan fingerprint density at radius 1 is 1.54 bits per heavy atom. The van der Waals surface area contributed by atoms with Crippen molar-refractivity contribution in [3.63, 3.8) is 0 Å². The molecule has 2 heterocycles. The lowest BCUT2D eigenvalue weighted by molar-refractivity contribution is -0.0573. The molecule has 0 aromatic rings. The Bertz CT molecular complexity index is 216. The molecule has 0 radical (unpaired) electrons. The van der Waals surface area contributed by atoms with Crippen LogP contribution in [-0.4, -0.2) is 38.1 Å². The Hall–Kier alpha value is -0.380. The minimum atomic E-state index is -0.395. The van der Waals surface area contributed by atoms with Crippen molar-refractivity contribution < 1.29 is 14.2 Å². The van der Waals surface area contributed by atoms with Crippen LogP contribution in [0.5, 0.6) is 0 Å². The Morgan fingerprint density at radius 3 is 2.92 bits per heavy atom. The molecule has 0 saturated carbocycles. The number of fused-ring (bicyclic) bond motifs is 1. The first-order chi connectivity index (χ1) is 6.24. The first kappa shape index (κ1) is 9.19. The van der Waals surface area contributed by atoms with Gasteiger partial charge in [0.05, 0.1) is 19.3 Å². The van der Waals surface area contributed by atoms with E-state index in [1.54, 1.807) is 7.11 Å². The SMILES string of the molecule is C=C[C@]12OC[C@H](C)[C@H]1OC[C@H]2OC. The van der Waals surface area contributed by atoms with Gasteiger partial charge in [-0.05, 0) is 0 Å². The topological polar surface area (TPSA) is 27.7 Å². The van der Waals surface area contributed by atoms with Crippen LogP contribution in [0.15, 0.2) is 12.7 Å². The summed E-state index contributed by atoms with van der Waals surface area (Å²) in [5.74, 6) is 0.429. The van der Waals surface area contributed by atoms with Gasteiger partial charge >= 0.3 is 0 Å². The minimum absolute atomic E-state index is 0.0000463. The Morgan fingerprint density at radius 2 is 2.31 bits per heavy atom. The van der Waals surface area contributed by atoms with Crippen LogP contribution in [0.25, 0.3) is 0 Å². The van der Waals surface area contributed by atoms with Gasteiger partial charge in [0.15, 0.2) is 0 Å². The number of hydrogen-bond acceptors (Lipinski definition) is 3. The molecule has 2 saturated heterocycles. The van der Waals surface area contributed by atoms with Crippen molar-refractivity contribution in [2.45, 2.75) is 24.7 Å². The zero-order valence-electron chi connectivity index (χ0n) is 8.16. The highest BCUT2D eigenvalue weighted by Gasteiger charge is 2.57. The van der Waals surface area contributed by atoms with Gasteiger partial charge in [-0.3, -0.25) is 0 Å². The molecular weight excluding hydrogens is 168 g/mol. The molecule has 0 aromatic heterocycles. The predicted molar refractivity (Wildman–Crippen MR) is 48.6 cm³/mol. The first-order valence-electron chi connectivity index (χ1n) is 4.66. The monoisotopic (exact) mass is 184 g/mol. The molecule has 0 unspecified atom stereocenters. The van der Waals surface area contributed by atoms with Gasteiger partial charge in [-0.25, -0.2) is 0 Å². The summed E-state index contributed by atoms with van der Waals surface area (Å²) < 4.78 is 16.8. The smallest absolute Gasteiger partial charge is 0.141 e. The predicted octanol–water partition coefficient (Wildman–Crippen LogP) is 0.991. The lowest BCUT2D eigenvalue weighted by Crippen LogP contribution is -2.44. The van der Waals surface area contributed by atoms with Gasteiger partial charge in [0.2, 0.25) is 0 Å². The highest BCUT2D eigenvalue weighted by Crippen LogP contribution is 2.42. The molecule has 0 bridgehead atoms. The van der Waals surface area contributed by atoms with Crippen molar-refractivity contribution in [3.05, 3.63) is 12.7 Å². The van der Waals surface area contributed by atoms with Crippen LogP contribution < -0.4 is 0 Å². The third kappa shape index (κ3) is 1.08. The normalized spacial score (nSPS) is 49.2. The molecule has 0 aliphatic carbocycles. The lowest BCUT2D eigenvalue weighted by Gasteiger charge is -2.28. The number of rotatable bonds is 2. The highest BCUT2D eigenvalue weighted by molar-refractivity contribution is 5.16. The first-order valence-corrected chi connectivity index (χ1v) is 4.66. The fourth-order valence-corrected chi connectivity index (χ4v) is 2.34. The fraction of sp³-hybridized carbons (Fsp3) is 0.800. The van der Waals surface area contributed by atoms with Gasteiger partial charge in [-0.2, -0.15) is 0 Å². The fourth-order valence-electron chi connectivity index (χ4n) is 2.34. The molecule has 0 spiro atoms. The summed E-state index contributed by atoms with van der Waals surface area (Å²) in [4.78, 5) is 0. The minimum Gasteiger partial charge on any atom is -0.376 e. The largest absolute Gasteiger partial charge is 0.376 e. The number of ether oxygens (including phenoxy) is 3. The van der Waals surface area contributed by atoms with E-state index in [9.17, 15) is 0 Å². The van der Waals surface area contributed by atoms with Crippen molar-refractivity contribution in [1.82, 2.24) is 0 Å². The van der Waals surface area contributed by atoms with Crippen LogP contribution in [0.4, 0.5) is 0 Å². The van der Waals surface area contributed by atoms with E-state index in [1.165, 1.54) is 0 Å². The molecule has 2 aliphatic rings. The van der Waals surface area contributed by atoms with E-state index in [1.807, 2.05) is 6.08 Å². The van der Waals surface area contributed by atoms with E-state index in [4.69, 9.17) is 14.2 Å². The maximum Gasteiger partial charge on any atom is 0.141 e. The van der Waals surface area contributed by atoms with Crippen molar-refractivity contribution in [1.29, 1.82) is 0 Å². The molecule has 0 aromatic carbocycles. The molecule has 2 rings (SSSR count). The molecule has 74 valence electrons. The highest BCUT2D eigenvalue weighted by atomic mass is 16.6. The average Bonchev–Trinajstić information content (AvgIpc) is 2.65. The molecule has 0 amide bonds. The van der Waals surface area contributed by atoms with E-state index < -0.39 is 5.60 Å². The molecule has 4 atom stereocenters. The summed E-state index contributed by atoms with van der Waals surface area (Å²) in [5, 5.41) is 0. The molecule has 2 aliphatic heterocycles. The molecule has 2 fully saturated rings. The molecule has 0 N–H and O–H groups in total. The van der Waals surface area contributed by atoms with Gasteiger partial charge in [0.25, 0.3) is 0 Å². The molecule has 13 heavy (non-hydrogen) atoms. The Balaban J connectivity index is 2.27. The van der Waals surface area contributed by atoms with Crippen molar-refractivity contribution in [3.8, 4) is 0 Å². The van der Waals surface area contributed by atoms with Crippen LogP contribution in [0, 0.1) is 5.92 Å². The maximum absolute atomic E-state index is 5.76. The summed E-state index contributed by atoms with van der Waals surface area (Å²) in [7, 11) is 1.69. The maximum atomic E-state index is 5.76. The van der Waals surface area contributed by atoms with Gasteiger partial charge in [-0.15, -0.1) is 6.58 Å². The van der Waals surface area contributed by atoms with Gasteiger partial charge < -0.3 is 14.2 Å². The summed E-state index contributed by atoms with van der Waals surface area (Å²) in [5.41, 5.74) is -0.395. The van der Waals surface area contributed by atoms with Crippen LogP contribution in [0.3, 0.4) is 0 Å². The Kier molecular flexibility index (Phi) is 2.18. The summed E-state index contributed by atoms with van der Waals surface area (Å²) in [6, 6.07) is 0. The van der Waals surface area contributed by atoms with E-state index in [0.29, 0.717) is 12.5 Å². The Labute approximate surface area is 78.7 Å². The zero-order chi connectivity index (χ0) is 9.47. The van der Waals surface area contributed by atoms with Gasteiger partial charge in [0, 0.05) is 13.0 Å². The molecule has 3 heteroatoms. The van der Waals surface area contributed by atoms with Crippen LogP contribution in [-0.2, 0) is 14.2 Å². The third-order valence-electron chi connectivity index (χ3n) is 3.09. The second-order valence-corrected chi connectivity index (χ2v) is 3.82. The van der Waals surface area contributed by atoms with E-state index >= 15 is 0 Å². The van der Waals surface area contributed by atoms with Crippen molar-refractivity contribution in [2.24, 2.45) is 5.92 Å². The average molecular weight is 184 g/mol. The van der Waals surface area contributed by atoms with Crippen LogP contribution in [0.2, 0.25) is 0 Å². The summed E-state index contributed by atoms with van der Waals surface area (Å²) in [6.45, 7) is 7.30. The van der Waals surface area contributed by atoms with Gasteiger partial charge in [0.1, 0.15) is 11.7 Å². The quantitative estimate of drug-likeness (QED) is 0.599. The number of hydrogen-bond donors (Lipinski definition) is 0. The lowest BCUT2D eigenvalue weighted by atomic mass is 9.89. The van der Waals surface area contributed by atoms with E-state index in [2.05, 4.69) is 13.5 Å². The van der Waals surface area contributed by atoms with Gasteiger partial charge in [-0.1, -0.05) is 13.0 Å².